The molecule has 0 N–H and O–H groups in total. The Morgan fingerprint density at radius 2 is 2.10 bits per heavy atom. The highest BCUT2D eigenvalue weighted by Gasteiger charge is 2.15. The van der Waals surface area contributed by atoms with Crippen LogP contribution in [0.15, 0.2) is 17.5 Å². The summed E-state index contributed by atoms with van der Waals surface area (Å²) in [6, 6.07) is 3.54. The molecule has 0 fully saturated rings. The monoisotopic (exact) mass is 354 g/mol. The third-order valence-corrected chi connectivity index (χ3v) is 4.51. The third-order valence-electron chi connectivity index (χ3n) is 3.17. The SMILES string of the molecule is Cc1cc([N+](=O)[O-])c(C)cc1Cc1nc(C(C)Br)cs1. The first-order valence-corrected chi connectivity index (χ1v) is 8.01. The van der Waals surface area contributed by atoms with Crippen LogP contribution in [0, 0.1) is 24.0 Å². The minimum absolute atomic E-state index is 0.181. The predicted octanol–water partition coefficient (Wildman–Crippen LogP) is 4.71. The number of rotatable bonds is 4. The zero-order valence-corrected chi connectivity index (χ0v) is 13.9. The fourth-order valence-electron chi connectivity index (χ4n) is 2.00. The molecule has 0 aliphatic rings. The number of alkyl halides is 1. The summed E-state index contributed by atoms with van der Waals surface area (Å²) in [6.45, 7) is 5.72. The average molecular weight is 355 g/mol. The number of thiazole rings is 1. The number of hydrogen-bond acceptors (Lipinski definition) is 4. The molecule has 0 spiro atoms. The predicted molar refractivity (Wildman–Crippen MR) is 84.8 cm³/mol. The lowest BCUT2D eigenvalue weighted by atomic mass is 10.0. The number of hydrogen-bond donors (Lipinski definition) is 0. The Morgan fingerprint density at radius 3 is 2.65 bits per heavy atom. The second-order valence-corrected chi connectivity index (χ2v) is 7.10. The van der Waals surface area contributed by atoms with Gasteiger partial charge in [0.15, 0.2) is 0 Å². The maximum Gasteiger partial charge on any atom is 0.272 e. The second kappa shape index (κ2) is 6.01. The first-order valence-electron chi connectivity index (χ1n) is 6.21. The van der Waals surface area contributed by atoms with Crippen molar-refractivity contribution in [2.45, 2.75) is 32.0 Å². The van der Waals surface area contributed by atoms with Crippen molar-refractivity contribution in [1.82, 2.24) is 4.98 Å². The van der Waals surface area contributed by atoms with Crippen LogP contribution < -0.4 is 0 Å². The summed E-state index contributed by atoms with van der Waals surface area (Å²) in [6.07, 6.45) is 0.717. The van der Waals surface area contributed by atoms with E-state index in [0.29, 0.717) is 5.56 Å². The van der Waals surface area contributed by atoms with E-state index in [2.05, 4.69) is 20.9 Å². The van der Waals surface area contributed by atoms with E-state index in [1.807, 2.05) is 25.3 Å². The molecule has 1 aromatic heterocycles. The fraction of sp³-hybridized carbons (Fsp3) is 0.357. The Bertz CT molecular complexity index is 653. The van der Waals surface area contributed by atoms with Gasteiger partial charge in [-0.3, -0.25) is 10.1 Å². The van der Waals surface area contributed by atoms with Crippen molar-refractivity contribution >= 4 is 33.0 Å². The molecular formula is C14H15BrN2O2S. The van der Waals surface area contributed by atoms with Gasteiger partial charge in [0.1, 0.15) is 0 Å². The van der Waals surface area contributed by atoms with Crippen molar-refractivity contribution in [3.05, 3.63) is 55.0 Å². The maximum atomic E-state index is 10.9. The summed E-state index contributed by atoms with van der Waals surface area (Å²) in [5.41, 5.74) is 3.94. The number of benzene rings is 1. The minimum Gasteiger partial charge on any atom is -0.258 e. The summed E-state index contributed by atoms with van der Waals surface area (Å²) in [5, 5.41) is 14.0. The lowest BCUT2D eigenvalue weighted by Gasteiger charge is -2.06. The first-order chi connectivity index (χ1) is 9.38. The van der Waals surface area contributed by atoms with E-state index in [0.717, 1.165) is 28.2 Å². The minimum atomic E-state index is -0.333. The van der Waals surface area contributed by atoms with Gasteiger partial charge in [0.2, 0.25) is 0 Å². The van der Waals surface area contributed by atoms with Crippen molar-refractivity contribution in [3.63, 3.8) is 0 Å². The van der Waals surface area contributed by atoms with Crippen molar-refractivity contribution in [2.24, 2.45) is 0 Å². The second-order valence-electron chi connectivity index (χ2n) is 4.78. The van der Waals surface area contributed by atoms with Gasteiger partial charge in [-0.1, -0.05) is 15.9 Å². The first kappa shape index (κ1) is 15.1. The van der Waals surface area contributed by atoms with E-state index in [-0.39, 0.29) is 15.4 Å². The molecule has 2 rings (SSSR count). The van der Waals surface area contributed by atoms with Gasteiger partial charge in [-0.25, -0.2) is 4.98 Å². The molecule has 0 amide bonds. The molecule has 0 bridgehead atoms. The third kappa shape index (κ3) is 3.24. The smallest absolute Gasteiger partial charge is 0.258 e. The number of nitro groups is 1. The molecule has 1 atom stereocenters. The molecule has 0 saturated heterocycles. The zero-order valence-electron chi connectivity index (χ0n) is 11.5. The van der Waals surface area contributed by atoms with Gasteiger partial charge < -0.3 is 0 Å². The quantitative estimate of drug-likeness (QED) is 0.453. The molecule has 0 radical (unpaired) electrons. The molecule has 0 aliphatic heterocycles. The summed E-state index contributed by atoms with van der Waals surface area (Å²) < 4.78 is 0. The zero-order chi connectivity index (χ0) is 14.9. The lowest BCUT2D eigenvalue weighted by Crippen LogP contribution is -1.98. The Labute approximate surface area is 130 Å². The summed E-state index contributed by atoms with van der Waals surface area (Å²) in [4.78, 5) is 15.4. The van der Waals surface area contributed by atoms with Gasteiger partial charge in [-0.05, 0) is 38.0 Å². The van der Waals surface area contributed by atoms with Gasteiger partial charge in [0.25, 0.3) is 5.69 Å². The number of halogens is 1. The van der Waals surface area contributed by atoms with E-state index in [9.17, 15) is 10.1 Å². The standard InChI is InChI=1S/C14H15BrN2O2S/c1-8-5-13(17(18)19)9(2)4-11(8)6-14-16-12(7-20-14)10(3)15/h4-5,7,10H,6H2,1-3H3. The van der Waals surface area contributed by atoms with Gasteiger partial charge in [-0.15, -0.1) is 11.3 Å². The summed E-state index contributed by atoms with van der Waals surface area (Å²) >= 11 is 5.12. The van der Waals surface area contributed by atoms with Gasteiger partial charge in [-0.2, -0.15) is 0 Å². The van der Waals surface area contributed by atoms with E-state index in [1.165, 1.54) is 0 Å². The molecule has 4 nitrogen and oxygen atoms in total. The van der Waals surface area contributed by atoms with Gasteiger partial charge in [0, 0.05) is 23.4 Å². The molecule has 106 valence electrons. The van der Waals surface area contributed by atoms with Crippen LogP contribution in [0.1, 0.15) is 39.1 Å². The largest absolute Gasteiger partial charge is 0.272 e. The molecule has 2 aromatic rings. The Balaban J connectivity index is 2.29. The lowest BCUT2D eigenvalue weighted by molar-refractivity contribution is -0.385. The maximum absolute atomic E-state index is 10.9. The Hall–Kier alpha value is -1.27. The highest BCUT2D eigenvalue weighted by Crippen LogP contribution is 2.27. The summed E-state index contributed by atoms with van der Waals surface area (Å²) in [5.74, 6) is 0. The fourth-order valence-corrected chi connectivity index (χ4v) is 3.32. The number of nitrogens with zero attached hydrogens (tertiary/aromatic N) is 2. The highest BCUT2D eigenvalue weighted by molar-refractivity contribution is 9.09. The summed E-state index contributed by atoms with van der Waals surface area (Å²) in [7, 11) is 0. The van der Waals surface area contributed by atoms with E-state index >= 15 is 0 Å². The molecule has 6 heteroatoms. The molecule has 20 heavy (non-hydrogen) atoms. The highest BCUT2D eigenvalue weighted by atomic mass is 79.9. The van der Waals surface area contributed by atoms with E-state index < -0.39 is 0 Å². The molecule has 0 saturated carbocycles. The molecule has 1 aromatic carbocycles. The van der Waals surface area contributed by atoms with Crippen molar-refractivity contribution in [3.8, 4) is 0 Å². The van der Waals surface area contributed by atoms with Crippen LogP contribution in [0.3, 0.4) is 0 Å². The number of aromatic nitrogens is 1. The van der Waals surface area contributed by atoms with Crippen LogP contribution >= 0.6 is 27.3 Å². The van der Waals surface area contributed by atoms with Crippen LogP contribution in [0.25, 0.3) is 0 Å². The number of nitro benzene ring substituents is 1. The molecule has 1 unspecified atom stereocenters. The Morgan fingerprint density at radius 1 is 1.40 bits per heavy atom. The van der Waals surface area contributed by atoms with Crippen LogP contribution in [0.2, 0.25) is 0 Å². The topological polar surface area (TPSA) is 56.0 Å². The van der Waals surface area contributed by atoms with E-state index in [1.54, 1.807) is 24.3 Å². The van der Waals surface area contributed by atoms with Crippen LogP contribution in [0.5, 0.6) is 0 Å². The van der Waals surface area contributed by atoms with Crippen LogP contribution in [0.4, 0.5) is 5.69 Å². The van der Waals surface area contributed by atoms with Crippen LogP contribution in [-0.4, -0.2) is 9.91 Å². The average Bonchev–Trinajstić information content (AvgIpc) is 2.81. The van der Waals surface area contributed by atoms with Crippen molar-refractivity contribution in [2.75, 3.05) is 0 Å². The number of aryl methyl sites for hydroxylation is 2. The molecule has 1 heterocycles. The van der Waals surface area contributed by atoms with Crippen molar-refractivity contribution in [1.29, 1.82) is 0 Å². The van der Waals surface area contributed by atoms with Crippen molar-refractivity contribution < 1.29 is 4.92 Å². The Kier molecular flexibility index (Phi) is 4.55. The van der Waals surface area contributed by atoms with Gasteiger partial charge >= 0.3 is 0 Å². The van der Waals surface area contributed by atoms with Crippen LogP contribution in [-0.2, 0) is 6.42 Å². The molecular weight excluding hydrogens is 340 g/mol. The van der Waals surface area contributed by atoms with E-state index in [4.69, 9.17) is 0 Å². The molecule has 0 aliphatic carbocycles. The normalized spacial score (nSPS) is 12.4. The van der Waals surface area contributed by atoms with Gasteiger partial charge in [0.05, 0.1) is 20.5 Å².